The minimum absolute atomic E-state index is 0.0284. The van der Waals surface area contributed by atoms with Crippen LogP contribution in [0, 0.1) is 6.92 Å². The third kappa shape index (κ3) is 3.97. The van der Waals surface area contributed by atoms with Gasteiger partial charge in [-0.15, -0.1) is 0 Å². The summed E-state index contributed by atoms with van der Waals surface area (Å²) in [7, 11) is 3.04. The molecule has 0 saturated heterocycles. The Labute approximate surface area is 106 Å². The molecule has 0 heterocycles. The van der Waals surface area contributed by atoms with Crippen molar-refractivity contribution in [1.82, 2.24) is 10.6 Å². The largest absolute Gasteiger partial charge is 0.497 e. The van der Waals surface area contributed by atoms with Crippen LogP contribution >= 0.6 is 0 Å². The number of carbonyl (C=O) groups excluding carboxylic acids is 2. The van der Waals surface area contributed by atoms with E-state index in [2.05, 4.69) is 16.0 Å². The van der Waals surface area contributed by atoms with Crippen molar-refractivity contribution in [1.29, 1.82) is 0 Å². The number of amides is 3. The second kappa shape index (κ2) is 6.48. The van der Waals surface area contributed by atoms with Crippen LogP contribution in [0.1, 0.15) is 5.56 Å². The first-order chi connectivity index (χ1) is 8.56. The fourth-order valence-corrected chi connectivity index (χ4v) is 1.37. The van der Waals surface area contributed by atoms with E-state index in [0.29, 0.717) is 0 Å². The van der Waals surface area contributed by atoms with E-state index in [-0.39, 0.29) is 6.54 Å². The molecular weight excluding hydrogens is 234 g/mol. The number of nitrogens with one attached hydrogen (secondary N) is 3. The number of methoxy groups -OCH3 is 1. The monoisotopic (exact) mass is 251 g/mol. The maximum atomic E-state index is 11.4. The average Bonchev–Trinajstić information content (AvgIpc) is 2.36. The quantitative estimate of drug-likeness (QED) is 0.742. The maximum absolute atomic E-state index is 11.4. The molecule has 1 aromatic carbocycles. The van der Waals surface area contributed by atoms with Gasteiger partial charge in [0.1, 0.15) is 5.75 Å². The zero-order valence-electron chi connectivity index (χ0n) is 10.7. The first-order valence-electron chi connectivity index (χ1n) is 5.47. The lowest BCUT2D eigenvalue weighted by Crippen LogP contribution is -2.40. The van der Waals surface area contributed by atoms with Crippen molar-refractivity contribution < 1.29 is 14.3 Å². The van der Waals surface area contributed by atoms with E-state index in [4.69, 9.17) is 4.74 Å². The minimum atomic E-state index is -0.520. The van der Waals surface area contributed by atoms with Crippen molar-refractivity contribution in [3.05, 3.63) is 23.8 Å². The molecule has 0 spiro atoms. The molecule has 1 rings (SSSR count). The number of hydrogen-bond donors (Lipinski definition) is 3. The fourth-order valence-electron chi connectivity index (χ4n) is 1.37. The summed E-state index contributed by atoms with van der Waals surface area (Å²) in [4.78, 5) is 22.3. The van der Waals surface area contributed by atoms with E-state index in [1.165, 1.54) is 7.05 Å². The third-order valence-corrected chi connectivity index (χ3v) is 2.35. The van der Waals surface area contributed by atoms with Gasteiger partial charge in [0.15, 0.2) is 0 Å². The number of imide groups is 1. The van der Waals surface area contributed by atoms with Gasteiger partial charge in [-0.3, -0.25) is 10.1 Å². The van der Waals surface area contributed by atoms with Crippen LogP contribution in [0.3, 0.4) is 0 Å². The van der Waals surface area contributed by atoms with Gasteiger partial charge in [0.05, 0.1) is 13.7 Å². The summed E-state index contributed by atoms with van der Waals surface area (Å²) in [6.45, 7) is 1.93. The number of carbonyl (C=O) groups is 2. The van der Waals surface area contributed by atoms with Crippen molar-refractivity contribution >= 4 is 17.6 Å². The molecule has 0 bridgehead atoms. The number of rotatable bonds is 4. The Kier molecular flexibility index (Phi) is 4.98. The summed E-state index contributed by atoms with van der Waals surface area (Å²) in [5.74, 6) is 0.359. The molecule has 0 aliphatic rings. The van der Waals surface area contributed by atoms with Crippen molar-refractivity contribution in [3.8, 4) is 5.75 Å². The first kappa shape index (κ1) is 13.8. The van der Waals surface area contributed by atoms with E-state index in [9.17, 15) is 9.59 Å². The molecule has 18 heavy (non-hydrogen) atoms. The normalized spacial score (nSPS) is 9.50. The number of anilines is 1. The van der Waals surface area contributed by atoms with E-state index >= 15 is 0 Å². The van der Waals surface area contributed by atoms with E-state index < -0.39 is 11.9 Å². The Balaban J connectivity index is 2.53. The van der Waals surface area contributed by atoms with Gasteiger partial charge in [-0.05, 0) is 30.7 Å². The van der Waals surface area contributed by atoms with Gasteiger partial charge in [0, 0.05) is 12.7 Å². The molecule has 0 fully saturated rings. The average molecular weight is 251 g/mol. The molecule has 6 heteroatoms. The molecule has 0 radical (unpaired) electrons. The maximum Gasteiger partial charge on any atom is 0.321 e. The molecule has 3 amide bonds. The van der Waals surface area contributed by atoms with Gasteiger partial charge < -0.3 is 15.4 Å². The van der Waals surface area contributed by atoms with E-state index in [1.807, 2.05) is 19.1 Å². The molecule has 1 aromatic rings. The van der Waals surface area contributed by atoms with Gasteiger partial charge in [-0.25, -0.2) is 4.79 Å². The minimum Gasteiger partial charge on any atom is -0.497 e. The second-order valence-electron chi connectivity index (χ2n) is 3.66. The number of ether oxygens (including phenoxy) is 1. The Morgan fingerprint density at radius 3 is 2.61 bits per heavy atom. The Hall–Kier alpha value is -2.24. The number of urea groups is 1. The van der Waals surface area contributed by atoms with Crippen LogP contribution in [0.5, 0.6) is 5.75 Å². The first-order valence-corrected chi connectivity index (χ1v) is 5.47. The number of hydrogen-bond acceptors (Lipinski definition) is 4. The van der Waals surface area contributed by atoms with Crippen LogP contribution in [0.4, 0.5) is 10.5 Å². The summed E-state index contributed by atoms with van der Waals surface area (Å²) >= 11 is 0. The highest BCUT2D eigenvalue weighted by Crippen LogP contribution is 2.20. The number of benzene rings is 1. The standard InChI is InChI=1S/C12H17N3O3/c1-8-6-9(18-3)4-5-10(8)14-7-11(16)15-12(17)13-2/h4-6,14H,7H2,1-3H3,(H2,13,15,16,17). The molecule has 6 nitrogen and oxygen atoms in total. The van der Waals surface area contributed by atoms with Crippen molar-refractivity contribution in [3.63, 3.8) is 0 Å². The molecule has 0 aliphatic heterocycles. The molecular formula is C12H17N3O3. The van der Waals surface area contributed by atoms with Crippen molar-refractivity contribution in [2.75, 3.05) is 26.0 Å². The van der Waals surface area contributed by atoms with Gasteiger partial charge in [0.2, 0.25) is 5.91 Å². The highest BCUT2D eigenvalue weighted by atomic mass is 16.5. The van der Waals surface area contributed by atoms with Crippen LogP contribution in [-0.4, -0.2) is 32.6 Å². The zero-order valence-corrected chi connectivity index (χ0v) is 10.7. The summed E-state index contributed by atoms with van der Waals surface area (Å²) in [5, 5.41) is 7.42. The smallest absolute Gasteiger partial charge is 0.321 e. The van der Waals surface area contributed by atoms with Crippen LogP contribution in [0.25, 0.3) is 0 Å². The van der Waals surface area contributed by atoms with Gasteiger partial charge >= 0.3 is 6.03 Å². The molecule has 0 atom stereocenters. The lowest BCUT2D eigenvalue weighted by Gasteiger charge is -2.10. The lowest BCUT2D eigenvalue weighted by molar-refractivity contribution is -0.118. The predicted octanol–water partition coefficient (Wildman–Crippen LogP) is 0.871. The Morgan fingerprint density at radius 1 is 1.33 bits per heavy atom. The Bertz CT molecular complexity index is 446. The molecule has 0 saturated carbocycles. The van der Waals surface area contributed by atoms with Crippen LogP contribution in [0.15, 0.2) is 18.2 Å². The summed E-state index contributed by atoms with van der Waals surface area (Å²) in [5.41, 5.74) is 1.78. The van der Waals surface area contributed by atoms with Crippen LogP contribution < -0.4 is 20.7 Å². The highest BCUT2D eigenvalue weighted by molar-refractivity contribution is 5.96. The van der Waals surface area contributed by atoms with Crippen LogP contribution in [-0.2, 0) is 4.79 Å². The third-order valence-electron chi connectivity index (χ3n) is 2.35. The van der Waals surface area contributed by atoms with Gasteiger partial charge in [-0.1, -0.05) is 0 Å². The van der Waals surface area contributed by atoms with E-state index in [1.54, 1.807) is 13.2 Å². The summed E-state index contributed by atoms with van der Waals surface area (Å²) < 4.78 is 5.08. The van der Waals surface area contributed by atoms with Crippen LogP contribution in [0.2, 0.25) is 0 Å². The lowest BCUT2D eigenvalue weighted by atomic mass is 10.2. The highest BCUT2D eigenvalue weighted by Gasteiger charge is 2.06. The zero-order chi connectivity index (χ0) is 13.5. The molecule has 0 unspecified atom stereocenters. The Morgan fingerprint density at radius 2 is 2.06 bits per heavy atom. The predicted molar refractivity (Wildman–Crippen MR) is 68.8 cm³/mol. The molecule has 3 N–H and O–H groups in total. The van der Waals surface area contributed by atoms with Crippen molar-refractivity contribution in [2.24, 2.45) is 0 Å². The summed E-state index contributed by atoms with van der Waals surface area (Å²) in [6, 6.07) is 4.96. The summed E-state index contributed by atoms with van der Waals surface area (Å²) in [6.07, 6.45) is 0. The number of aryl methyl sites for hydroxylation is 1. The van der Waals surface area contributed by atoms with Gasteiger partial charge in [0.25, 0.3) is 0 Å². The SMILES string of the molecule is CNC(=O)NC(=O)CNc1ccc(OC)cc1C. The second-order valence-corrected chi connectivity index (χ2v) is 3.66. The fraction of sp³-hybridized carbons (Fsp3) is 0.333. The van der Waals surface area contributed by atoms with Crippen molar-refractivity contribution in [2.45, 2.75) is 6.92 Å². The molecule has 0 aliphatic carbocycles. The molecule has 98 valence electrons. The van der Waals surface area contributed by atoms with E-state index in [0.717, 1.165) is 17.0 Å². The van der Waals surface area contributed by atoms with Gasteiger partial charge in [-0.2, -0.15) is 0 Å². The molecule has 0 aromatic heterocycles. The topological polar surface area (TPSA) is 79.5 Å².